The zero-order chi connectivity index (χ0) is 28.3. The topological polar surface area (TPSA) is 122 Å². The highest BCUT2D eigenvalue weighted by Gasteiger charge is 2.35. The number of carbonyl (C=O) groups is 2. The van der Waals surface area contributed by atoms with Crippen molar-refractivity contribution in [1.29, 1.82) is 0 Å². The van der Waals surface area contributed by atoms with Crippen LogP contribution in [-0.4, -0.2) is 50.3 Å². The van der Waals surface area contributed by atoms with Gasteiger partial charge in [0.2, 0.25) is 15.9 Å². The summed E-state index contributed by atoms with van der Waals surface area (Å²) >= 11 is 0. The van der Waals surface area contributed by atoms with Crippen molar-refractivity contribution in [2.45, 2.75) is 57.5 Å². The van der Waals surface area contributed by atoms with Gasteiger partial charge >= 0.3 is 0 Å². The summed E-state index contributed by atoms with van der Waals surface area (Å²) in [6.45, 7) is 8.65. The largest absolute Gasteiger partial charge is 0.341 e. The molecule has 0 radical (unpaired) electrons. The zero-order valence-electron chi connectivity index (χ0n) is 23.0. The maximum atomic E-state index is 13.8. The van der Waals surface area contributed by atoms with Gasteiger partial charge in [0.05, 0.1) is 10.9 Å². The molecule has 9 heteroatoms. The summed E-state index contributed by atoms with van der Waals surface area (Å²) in [6.07, 6.45) is 1.29. The molecule has 3 aromatic rings. The first kappa shape index (κ1) is 28.7. The number of hydrogen-bond donors (Lipinski definition) is 3. The van der Waals surface area contributed by atoms with E-state index in [0.29, 0.717) is 47.5 Å². The molecule has 208 valence electrons. The third-order valence-corrected chi connectivity index (χ3v) is 8.88. The third-order valence-electron chi connectivity index (χ3n) is 7.33. The summed E-state index contributed by atoms with van der Waals surface area (Å²) in [7, 11) is -3.90. The average molecular weight is 551 g/mol. The Bertz CT molecular complexity index is 1470. The van der Waals surface area contributed by atoms with Crippen LogP contribution in [0.2, 0.25) is 0 Å². The maximum absolute atomic E-state index is 13.8. The van der Waals surface area contributed by atoms with Gasteiger partial charge in [-0.05, 0) is 62.3 Å². The van der Waals surface area contributed by atoms with E-state index in [9.17, 15) is 18.0 Å². The predicted octanol–water partition coefficient (Wildman–Crippen LogP) is 4.29. The van der Waals surface area contributed by atoms with Crippen LogP contribution < -0.4 is 15.8 Å². The SMILES string of the molecule is Cc1ccccc1C(=O)Nc1ccc(S(=O)(=O)N[C@@H]2CCN(C(=O)[C@H](C)N)C[C@@H]2CC(C)C)c2ccccc12. The first-order chi connectivity index (χ1) is 18.5. The average Bonchev–Trinajstić information content (AvgIpc) is 2.89. The molecule has 0 aromatic heterocycles. The second-order valence-corrected chi connectivity index (χ2v) is 12.6. The molecule has 3 atom stereocenters. The number of sulfonamides is 1. The fourth-order valence-electron chi connectivity index (χ4n) is 5.41. The van der Waals surface area contributed by atoms with Crippen LogP contribution in [0.25, 0.3) is 10.8 Å². The Morgan fingerprint density at radius 1 is 1.00 bits per heavy atom. The minimum Gasteiger partial charge on any atom is -0.341 e. The molecule has 4 N–H and O–H groups in total. The van der Waals surface area contributed by atoms with Crippen LogP contribution in [0.1, 0.15) is 49.5 Å². The van der Waals surface area contributed by atoms with E-state index in [0.717, 1.165) is 12.0 Å². The molecule has 0 saturated carbocycles. The van der Waals surface area contributed by atoms with Crippen LogP contribution >= 0.6 is 0 Å². The highest BCUT2D eigenvalue weighted by Crippen LogP contribution is 2.32. The number of fused-ring (bicyclic) bond motifs is 1. The fourth-order valence-corrected chi connectivity index (χ4v) is 6.97. The molecular formula is C30H38N4O4S. The number of piperidine rings is 1. The van der Waals surface area contributed by atoms with Gasteiger partial charge in [-0.1, -0.05) is 56.3 Å². The van der Waals surface area contributed by atoms with E-state index in [1.165, 1.54) is 0 Å². The molecule has 1 saturated heterocycles. The molecule has 0 spiro atoms. The van der Waals surface area contributed by atoms with Gasteiger partial charge in [0, 0.05) is 41.2 Å². The van der Waals surface area contributed by atoms with Gasteiger partial charge in [-0.25, -0.2) is 13.1 Å². The second kappa shape index (κ2) is 11.9. The smallest absolute Gasteiger partial charge is 0.255 e. The Labute approximate surface area is 231 Å². The summed E-state index contributed by atoms with van der Waals surface area (Å²) in [5.74, 6) is -0.0597. The van der Waals surface area contributed by atoms with Crippen molar-refractivity contribution in [3.63, 3.8) is 0 Å². The van der Waals surface area contributed by atoms with Crippen molar-refractivity contribution >= 4 is 38.3 Å². The van der Waals surface area contributed by atoms with E-state index < -0.39 is 16.1 Å². The van der Waals surface area contributed by atoms with Crippen LogP contribution in [0.5, 0.6) is 0 Å². The molecule has 0 unspecified atom stereocenters. The second-order valence-electron chi connectivity index (χ2n) is 10.9. The molecule has 1 aliphatic rings. The van der Waals surface area contributed by atoms with E-state index in [-0.39, 0.29) is 28.7 Å². The van der Waals surface area contributed by atoms with Gasteiger partial charge < -0.3 is 16.0 Å². The molecule has 1 heterocycles. The van der Waals surface area contributed by atoms with Gasteiger partial charge in [-0.3, -0.25) is 9.59 Å². The van der Waals surface area contributed by atoms with Crippen LogP contribution in [0, 0.1) is 18.8 Å². The van der Waals surface area contributed by atoms with Crippen molar-refractivity contribution in [2.24, 2.45) is 17.6 Å². The molecule has 1 fully saturated rings. The maximum Gasteiger partial charge on any atom is 0.255 e. The number of rotatable bonds is 8. The Kier molecular flexibility index (Phi) is 8.73. The first-order valence-corrected chi connectivity index (χ1v) is 14.9. The lowest BCUT2D eigenvalue weighted by Crippen LogP contribution is -2.55. The number of nitrogens with zero attached hydrogens (tertiary/aromatic N) is 1. The quantitative estimate of drug-likeness (QED) is 0.386. The number of likely N-dealkylation sites (tertiary alicyclic amines) is 1. The lowest BCUT2D eigenvalue weighted by atomic mass is 9.86. The number of nitrogens with two attached hydrogens (primary N) is 1. The van der Waals surface area contributed by atoms with E-state index in [1.54, 1.807) is 42.2 Å². The van der Waals surface area contributed by atoms with E-state index in [4.69, 9.17) is 5.73 Å². The molecule has 3 aromatic carbocycles. The van der Waals surface area contributed by atoms with Crippen molar-refractivity contribution in [3.05, 3.63) is 71.8 Å². The van der Waals surface area contributed by atoms with E-state index in [1.807, 2.05) is 37.3 Å². The minimum atomic E-state index is -3.90. The highest BCUT2D eigenvalue weighted by atomic mass is 32.2. The summed E-state index contributed by atoms with van der Waals surface area (Å²) < 4.78 is 30.5. The summed E-state index contributed by atoms with van der Waals surface area (Å²) in [4.78, 5) is 27.4. The lowest BCUT2D eigenvalue weighted by Gasteiger charge is -2.40. The standard InChI is InChI=1S/C30H38N4O4S/c1-19(2)17-22-18-34(30(36)21(4)31)16-15-26(22)33-39(37,38)28-14-13-27(24-11-7-8-12-25(24)28)32-29(35)23-10-6-5-9-20(23)3/h5-14,19,21-22,26,33H,15-18,31H2,1-4H3,(H,32,35)/t21-,22-,26+/m0/s1. The van der Waals surface area contributed by atoms with Gasteiger partial charge in [0.25, 0.3) is 5.91 Å². The minimum absolute atomic E-state index is 0.0323. The van der Waals surface area contributed by atoms with Crippen LogP contribution in [0.4, 0.5) is 5.69 Å². The summed E-state index contributed by atoms with van der Waals surface area (Å²) in [5, 5.41) is 4.12. The third kappa shape index (κ3) is 6.49. The van der Waals surface area contributed by atoms with E-state index >= 15 is 0 Å². The Balaban J connectivity index is 1.62. The molecule has 2 amide bonds. The Morgan fingerprint density at radius 3 is 2.33 bits per heavy atom. The van der Waals surface area contributed by atoms with Crippen LogP contribution in [0.15, 0.2) is 65.6 Å². The summed E-state index contributed by atoms with van der Waals surface area (Å²) in [5.41, 5.74) is 7.79. The van der Waals surface area contributed by atoms with Gasteiger partial charge in [-0.2, -0.15) is 0 Å². The Morgan fingerprint density at radius 2 is 1.67 bits per heavy atom. The first-order valence-electron chi connectivity index (χ1n) is 13.4. The molecule has 1 aliphatic heterocycles. The highest BCUT2D eigenvalue weighted by molar-refractivity contribution is 7.89. The number of carbonyl (C=O) groups excluding carboxylic acids is 2. The number of amides is 2. The number of anilines is 1. The molecular weight excluding hydrogens is 512 g/mol. The normalized spacial score (nSPS) is 18.8. The van der Waals surface area contributed by atoms with Gasteiger partial charge in [0.15, 0.2) is 0 Å². The lowest BCUT2D eigenvalue weighted by molar-refractivity contribution is -0.134. The van der Waals surface area contributed by atoms with Crippen molar-refractivity contribution in [2.75, 3.05) is 18.4 Å². The Hall–Kier alpha value is -3.27. The van der Waals surface area contributed by atoms with Crippen LogP contribution in [0.3, 0.4) is 0 Å². The van der Waals surface area contributed by atoms with Crippen molar-refractivity contribution in [1.82, 2.24) is 9.62 Å². The fraction of sp³-hybridized carbons (Fsp3) is 0.400. The van der Waals surface area contributed by atoms with Crippen molar-refractivity contribution < 1.29 is 18.0 Å². The molecule has 0 bridgehead atoms. The van der Waals surface area contributed by atoms with Crippen molar-refractivity contribution in [3.8, 4) is 0 Å². The number of aryl methyl sites for hydroxylation is 1. The zero-order valence-corrected chi connectivity index (χ0v) is 23.8. The molecule has 39 heavy (non-hydrogen) atoms. The van der Waals surface area contributed by atoms with E-state index in [2.05, 4.69) is 23.9 Å². The molecule has 0 aliphatic carbocycles. The molecule has 8 nitrogen and oxygen atoms in total. The summed E-state index contributed by atoms with van der Waals surface area (Å²) in [6, 6.07) is 16.8. The number of hydrogen-bond acceptors (Lipinski definition) is 5. The van der Waals surface area contributed by atoms with Crippen LogP contribution in [-0.2, 0) is 14.8 Å². The predicted molar refractivity (Wildman–Crippen MR) is 155 cm³/mol. The van der Waals surface area contributed by atoms with Gasteiger partial charge in [-0.15, -0.1) is 0 Å². The number of nitrogens with one attached hydrogen (secondary N) is 2. The molecule has 4 rings (SSSR count). The van der Waals surface area contributed by atoms with Gasteiger partial charge in [0.1, 0.15) is 0 Å². The monoisotopic (exact) mass is 550 g/mol. The number of benzene rings is 3.